The molecule has 1 amide bonds. The van der Waals surface area contributed by atoms with Gasteiger partial charge in [0.2, 0.25) is 0 Å². The highest BCUT2D eigenvalue weighted by atomic mass is 79.9. The lowest BCUT2D eigenvalue weighted by Crippen LogP contribution is -2.38. The third kappa shape index (κ3) is 3.14. The standard InChI is InChI=1S/C17H15BrFNO2/c18-13-7-8-16(14(19)10-13)22-11-17(21)20-9-3-5-12-4-1-2-6-15(12)20/h1-2,4,6-8,10H,3,5,9,11H2. The van der Waals surface area contributed by atoms with Crippen LogP contribution in [0, 0.1) is 5.82 Å². The molecule has 0 saturated carbocycles. The van der Waals surface area contributed by atoms with Crippen molar-refractivity contribution >= 4 is 27.5 Å². The molecule has 22 heavy (non-hydrogen) atoms. The average molecular weight is 364 g/mol. The lowest BCUT2D eigenvalue weighted by atomic mass is 10.0. The molecule has 1 heterocycles. The molecule has 1 aliphatic rings. The number of carbonyl (C=O) groups is 1. The van der Waals surface area contributed by atoms with E-state index in [1.54, 1.807) is 11.0 Å². The maximum Gasteiger partial charge on any atom is 0.264 e. The van der Waals surface area contributed by atoms with E-state index in [2.05, 4.69) is 15.9 Å². The second-order valence-corrected chi connectivity index (χ2v) is 6.06. The van der Waals surface area contributed by atoms with Gasteiger partial charge < -0.3 is 9.64 Å². The van der Waals surface area contributed by atoms with Crippen LogP contribution >= 0.6 is 15.9 Å². The number of halogens is 2. The van der Waals surface area contributed by atoms with Crippen molar-refractivity contribution in [2.24, 2.45) is 0 Å². The fourth-order valence-corrected chi connectivity index (χ4v) is 2.94. The van der Waals surface area contributed by atoms with E-state index in [9.17, 15) is 9.18 Å². The van der Waals surface area contributed by atoms with E-state index in [0.717, 1.165) is 24.1 Å². The van der Waals surface area contributed by atoms with Crippen LogP contribution in [-0.4, -0.2) is 19.1 Å². The Morgan fingerprint density at radius 1 is 1.27 bits per heavy atom. The van der Waals surface area contributed by atoms with E-state index < -0.39 is 5.82 Å². The molecule has 0 radical (unpaired) electrons. The molecular weight excluding hydrogens is 349 g/mol. The Hall–Kier alpha value is -1.88. The number of para-hydroxylation sites is 1. The molecule has 0 unspecified atom stereocenters. The number of aryl methyl sites for hydroxylation is 1. The molecule has 1 aliphatic heterocycles. The smallest absolute Gasteiger partial charge is 0.264 e. The molecule has 3 rings (SSSR count). The fraction of sp³-hybridized carbons (Fsp3) is 0.235. The zero-order valence-electron chi connectivity index (χ0n) is 11.9. The topological polar surface area (TPSA) is 29.5 Å². The van der Waals surface area contributed by atoms with Crippen LogP contribution in [0.2, 0.25) is 0 Å². The van der Waals surface area contributed by atoms with Gasteiger partial charge in [-0.3, -0.25) is 4.79 Å². The zero-order chi connectivity index (χ0) is 15.5. The van der Waals surface area contributed by atoms with Gasteiger partial charge in [0.25, 0.3) is 5.91 Å². The van der Waals surface area contributed by atoms with Gasteiger partial charge in [-0.1, -0.05) is 34.1 Å². The Kier molecular flexibility index (Phi) is 4.43. The summed E-state index contributed by atoms with van der Waals surface area (Å²) in [6, 6.07) is 12.4. The van der Waals surface area contributed by atoms with Crippen LogP contribution in [0.4, 0.5) is 10.1 Å². The first-order valence-electron chi connectivity index (χ1n) is 7.11. The van der Waals surface area contributed by atoms with E-state index in [4.69, 9.17) is 4.74 Å². The Morgan fingerprint density at radius 2 is 2.09 bits per heavy atom. The Morgan fingerprint density at radius 3 is 2.91 bits per heavy atom. The van der Waals surface area contributed by atoms with Crippen molar-refractivity contribution in [1.82, 2.24) is 0 Å². The summed E-state index contributed by atoms with van der Waals surface area (Å²) in [6.45, 7) is 0.495. The molecular formula is C17H15BrFNO2. The average Bonchev–Trinajstić information content (AvgIpc) is 2.53. The van der Waals surface area contributed by atoms with Crippen LogP contribution in [0.1, 0.15) is 12.0 Å². The molecule has 0 fully saturated rings. The number of hydrogen-bond donors (Lipinski definition) is 0. The van der Waals surface area contributed by atoms with Gasteiger partial charge in [0.05, 0.1) is 0 Å². The number of amides is 1. The predicted octanol–water partition coefficient (Wildman–Crippen LogP) is 3.95. The summed E-state index contributed by atoms with van der Waals surface area (Å²) in [7, 11) is 0. The van der Waals surface area contributed by atoms with Crippen molar-refractivity contribution < 1.29 is 13.9 Å². The first-order chi connectivity index (χ1) is 10.6. The number of rotatable bonds is 3. The number of benzene rings is 2. The van der Waals surface area contributed by atoms with Crippen LogP contribution in [-0.2, 0) is 11.2 Å². The highest BCUT2D eigenvalue weighted by molar-refractivity contribution is 9.10. The molecule has 114 valence electrons. The number of carbonyl (C=O) groups excluding carboxylic acids is 1. The van der Waals surface area contributed by atoms with Gasteiger partial charge in [-0.15, -0.1) is 0 Å². The van der Waals surface area contributed by atoms with Crippen molar-refractivity contribution in [3.05, 3.63) is 58.3 Å². The summed E-state index contributed by atoms with van der Waals surface area (Å²) in [5, 5.41) is 0. The van der Waals surface area contributed by atoms with E-state index in [-0.39, 0.29) is 18.3 Å². The zero-order valence-corrected chi connectivity index (χ0v) is 13.5. The Bertz CT molecular complexity index is 705. The van der Waals surface area contributed by atoms with E-state index in [1.807, 2.05) is 24.3 Å². The molecule has 0 spiro atoms. The minimum absolute atomic E-state index is 0.0850. The van der Waals surface area contributed by atoms with Crippen molar-refractivity contribution in [1.29, 1.82) is 0 Å². The van der Waals surface area contributed by atoms with Crippen LogP contribution in [0.5, 0.6) is 5.75 Å². The van der Waals surface area contributed by atoms with E-state index >= 15 is 0 Å². The van der Waals surface area contributed by atoms with Crippen LogP contribution < -0.4 is 9.64 Å². The first kappa shape index (κ1) is 15.0. The molecule has 2 aromatic carbocycles. The number of hydrogen-bond acceptors (Lipinski definition) is 2. The molecule has 5 heteroatoms. The first-order valence-corrected chi connectivity index (χ1v) is 7.90. The summed E-state index contributed by atoms with van der Waals surface area (Å²) in [4.78, 5) is 14.1. The maximum atomic E-state index is 13.7. The minimum Gasteiger partial charge on any atom is -0.481 e. The van der Waals surface area contributed by atoms with Gasteiger partial charge >= 0.3 is 0 Å². The molecule has 0 aliphatic carbocycles. The van der Waals surface area contributed by atoms with Gasteiger partial charge in [-0.25, -0.2) is 4.39 Å². The SMILES string of the molecule is O=C(COc1ccc(Br)cc1F)N1CCCc2ccccc21. The number of ether oxygens (including phenoxy) is 1. The quantitative estimate of drug-likeness (QED) is 0.826. The molecule has 0 saturated heterocycles. The highest BCUT2D eigenvalue weighted by Crippen LogP contribution is 2.27. The van der Waals surface area contributed by atoms with Gasteiger partial charge in [0, 0.05) is 16.7 Å². The molecule has 0 atom stereocenters. The lowest BCUT2D eigenvalue weighted by molar-refractivity contribution is -0.120. The Balaban J connectivity index is 1.70. The molecule has 3 nitrogen and oxygen atoms in total. The third-order valence-electron chi connectivity index (χ3n) is 3.66. The van der Waals surface area contributed by atoms with Gasteiger partial charge in [0.1, 0.15) is 0 Å². The lowest BCUT2D eigenvalue weighted by Gasteiger charge is -2.29. The van der Waals surface area contributed by atoms with Crippen LogP contribution in [0.15, 0.2) is 46.9 Å². The van der Waals surface area contributed by atoms with E-state index in [0.29, 0.717) is 11.0 Å². The van der Waals surface area contributed by atoms with E-state index in [1.165, 1.54) is 12.1 Å². The highest BCUT2D eigenvalue weighted by Gasteiger charge is 2.22. The van der Waals surface area contributed by atoms with Crippen LogP contribution in [0.3, 0.4) is 0 Å². The summed E-state index contributed by atoms with van der Waals surface area (Å²) >= 11 is 3.19. The van der Waals surface area contributed by atoms with Gasteiger partial charge in [-0.2, -0.15) is 0 Å². The summed E-state index contributed by atoms with van der Waals surface area (Å²) in [5.41, 5.74) is 2.09. The Labute approximate surface area is 136 Å². The number of nitrogens with zero attached hydrogens (tertiary/aromatic N) is 1. The normalized spacial score (nSPS) is 13.6. The second kappa shape index (κ2) is 6.48. The van der Waals surface area contributed by atoms with Crippen LogP contribution in [0.25, 0.3) is 0 Å². The predicted molar refractivity (Wildman–Crippen MR) is 86.7 cm³/mol. The van der Waals surface area contributed by atoms with Crippen molar-refractivity contribution in [3.63, 3.8) is 0 Å². The van der Waals surface area contributed by atoms with Crippen molar-refractivity contribution in [3.8, 4) is 5.75 Å². The summed E-state index contributed by atoms with van der Waals surface area (Å²) in [5.74, 6) is -0.558. The summed E-state index contributed by atoms with van der Waals surface area (Å²) < 4.78 is 19.7. The molecule has 0 bridgehead atoms. The molecule has 0 aromatic heterocycles. The number of anilines is 1. The summed E-state index contributed by atoms with van der Waals surface area (Å²) in [6.07, 6.45) is 1.90. The maximum absolute atomic E-state index is 13.7. The van der Waals surface area contributed by atoms with Gasteiger partial charge in [0.15, 0.2) is 18.2 Å². The second-order valence-electron chi connectivity index (χ2n) is 5.14. The number of fused-ring (bicyclic) bond motifs is 1. The fourth-order valence-electron chi connectivity index (χ4n) is 2.60. The largest absolute Gasteiger partial charge is 0.481 e. The van der Waals surface area contributed by atoms with Crippen molar-refractivity contribution in [2.75, 3.05) is 18.1 Å². The van der Waals surface area contributed by atoms with Gasteiger partial charge in [-0.05, 0) is 42.7 Å². The molecule has 0 N–H and O–H groups in total. The van der Waals surface area contributed by atoms with Crippen molar-refractivity contribution in [2.45, 2.75) is 12.8 Å². The molecule has 2 aromatic rings. The third-order valence-corrected chi connectivity index (χ3v) is 4.15. The minimum atomic E-state index is -0.485. The monoisotopic (exact) mass is 363 g/mol.